The van der Waals surface area contributed by atoms with Crippen molar-refractivity contribution < 1.29 is 0 Å². The Bertz CT molecular complexity index is 1040. The molecule has 0 aliphatic heterocycles. The first-order valence-corrected chi connectivity index (χ1v) is 9.04. The fourth-order valence-corrected chi connectivity index (χ4v) is 3.39. The Balaban J connectivity index is 1.75. The van der Waals surface area contributed by atoms with E-state index in [1.807, 2.05) is 0 Å². The average molecular weight is 334 g/mol. The van der Waals surface area contributed by atoms with Crippen molar-refractivity contribution in [3.8, 4) is 33.4 Å². The molecule has 0 spiro atoms. The van der Waals surface area contributed by atoms with Crippen molar-refractivity contribution in [1.29, 1.82) is 0 Å². The van der Waals surface area contributed by atoms with Crippen LogP contribution in [-0.2, 0) is 0 Å². The number of aryl methyl sites for hydroxylation is 2. The molecule has 0 amide bonds. The van der Waals surface area contributed by atoms with Gasteiger partial charge >= 0.3 is 0 Å². The molecular formula is C26H22. The summed E-state index contributed by atoms with van der Waals surface area (Å²) in [5, 5.41) is 0. The number of rotatable bonds is 3. The van der Waals surface area contributed by atoms with Crippen molar-refractivity contribution in [2.24, 2.45) is 0 Å². The number of hydrogen-bond acceptors (Lipinski definition) is 0. The molecule has 0 N–H and O–H groups in total. The van der Waals surface area contributed by atoms with Crippen LogP contribution >= 0.6 is 0 Å². The lowest BCUT2D eigenvalue weighted by molar-refractivity contribution is 1.46. The maximum absolute atomic E-state index is 2.29. The summed E-state index contributed by atoms with van der Waals surface area (Å²) in [6.07, 6.45) is 0. The van der Waals surface area contributed by atoms with E-state index in [1.165, 1.54) is 44.5 Å². The van der Waals surface area contributed by atoms with E-state index in [-0.39, 0.29) is 0 Å². The molecule has 0 atom stereocenters. The lowest BCUT2D eigenvalue weighted by Crippen LogP contribution is -1.85. The van der Waals surface area contributed by atoms with E-state index in [2.05, 4.69) is 111 Å². The van der Waals surface area contributed by atoms with Crippen LogP contribution in [0.3, 0.4) is 0 Å². The highest BCUT2D eigenvalue weighted by atomic mass is 14.1. The third-order valence-corrected chi connectivity index (χ3v) is 4.90. The maximum Gasteiger partial charge on any atom is -0.0155 e. The van der Waals surface area contributed by atoms with E-state index < -0.39 is 0 Å². The summed E-state index contributed by atoms with van der Waals surface area (Å²) in [5.74, 6) is 0. The zero-order valence-corrected chi connectivity index (χ0v) is 15.2. The molecule has 126 valence electrons. The predicted octanol–water partition coefficient (Wildman–Crippen LogP) is 7.30. The van der Waals surface area contributed by atoms with Gasteiger partial charge in [-0.05, 0) is 64.9 Å². The van der Waals surface area contributed by atoms with Gasteiger partial charge in [-0.15, -0.1) is 0 Å². The molecule has 0 heterocycles. The Morgan fingerprint density at radius 2 is 0.962 bits per heavy atom. The summed E-state index contributed by atoms with van der Waals surface area (Å²) in [5.41, 5.74) is 10.2. The van der Waals surface area contributed by atoms with Gasteiger partial charge in [-0.3, -0.25) is 0 Å². The van der Waals surface area contributed by atoms with Crippen LogP contribution in [0.5, 0.6) is 0 Å². The van der Waals surface area contributed by atoms with Crippen molar-refractivity contribution in [3.05, 3.63) is 108 Å². The average Bonchev–Trinajstić information content (AvgIpc) is 2.69. The molecular weight excluding hydrogens is 312 g/mol. The molecule has 4 rings (SSSR count). The SMILES string of the molecule is Cc1ccc(-c2cccc(-c3cccc(-c4ccccc4C)c3)c2)cc1. The minimum atomic E-state index is 1.25. The molecule has 0 bridgehead atoms. The van der Waals surface area contributed by atoms with E-state index in [1.54, 1.807) is 0 Å². The smallest absolute Gasteiger partial charge is 0.0155 e. The Hall–Kier alpha value is -3.12. The monoisotopic (exact) mass is 334 g/mol. The van der Waals surface area contributed by atoms with Crippen molar-refractivity contribution in [2.45, 2.75) is 13.8 Å². The minimum absolute atomic E-state index is 1.25. The maximum atomic E-state index is 2.29. The molecule has 0 aromatic heterocycles. The Morgan fingerprint density at radius 1 is 0.423 bits per heavy atom. The topological polar surface area (TPSA) is 0 Å². The summed E-state index contributed by atoms with van der Waals surface area (Å²) < 4.78 is 0. The third kappa shape index (κ3) is 3.32. The highest BCUT2D eigenvalue weighted by Gasteiger charge is 2.05. The number of hydrogen-bond donors (Lipinski definition) is 0. The Labute approximate surface area is 155 Å². The third-order valence-electron chi connectivity index (χ3n) is 4.90. The molecule has 0 radical (unpaired) electrons. The van der Waals surface area contributed by atoms with Gasteiger partial charge in [0, 0.05) is 0 Å². The van der Waals surface area contributed by atoms with Gasteiger partial charge in [0.25, 0.3) is 0 Å². The van der Waals surface area contributed by atoms with Crippen LogP contribution in [0.1, 0.15) is 11.1 Å². The summed E-state index contributed by atoms with van der Waals surface area (Å²) in [6, 6.07) is 34.9. The van der Waals surface area contributed by atoms with Crippen LogP contribution in [0.15, 0.2) is 97.1 Å². The van der Waals surface area contributed by atoms with Crippen molar-refractivity contribution in [1.82, 2.24) is 0 Å². The van der Waals surface area contributed by atoms with Crippen molar-refractivity contribution >= 4 is 0 Å². The summed E-state index contributed by atoms with van der Waals surface area (Å²) >= 11 is 0. The molecule has 0 unspecified atom stereocenters. The molecule has 4 aromatic rings. The van der Waals surface area contributed by atoms with Crippen LogP contribution in [0.4, 0.5) is 0 Å². The lowest BCUT2D eigenvalue weighted by Gasteiger charge is -2.10. The first-order valence-electron chi connectivity index (χ1n) is 9.04. The second-order valence-corrected chi connectivity index (χ2v) is 6.84. The zero-order valence-electron chi connectivity index (χ0n) is 15.2. The van der Waals surface area contributed by atoms with E-state index in [0.717, 1.165) is 0 Å². The van der Waals surface area contributed by atoms with Gasteiger partial charge in [0.05, 0.1) is 0 Å². The van der Waals surface area contributed by atoms with Gasteiger partial charge in [0.1, 0.15) is 0 Å². The van der Waals surface area contributed by atoms with Gasteiger partial charge in [-0.2, -0.15) is 0 Å². The van der Waals surface area contributed by atoms with Crippen molar-refractivity contribution in [2.75, 3.05) is 0 Å². The molecule has 0 saturated heterocycles. The number of benzene rings is 4. The van der Waals surface area contributed by atoms with E-state index in [4.69, 9.17) is 0 Å². The highest BCUT2D eigenvalue weighted by Crippen LogP contribution is 2.30. The van der Waals surface area contributed by atoms with Gasteiger partial charge < -0.3 is 0 Å². The first-order chi connectivity index (χ1) is 12.7. The Morgan fingerprint density at radius 3 is 1.62 bits per heavy atom. The first kappa shape index (κ1) is 16.4. The molecule has 26 heavy (non-hydrogen) atoms. The standard InChI is InChI=1S/C26H22/c1-19-13-15-21(16-14-19)22-8-5-9-23(17-22)24-10-6-11-25(18-24)26-12-4-3-7-20(26)2/h3-18H,1-2H3. The normalized spacial score (nSPS) is 10.7. The summed E-state index contributed by atoms with van der Waals surface area (Å²) in [7, 11) is 0. The van der Waals surface area contributed by atoms with Crippen LogP contribution in [0.2, 0.25) is 0 Å². The van der Waals surface area contributed by atoms with Crippen LogP contribution in [0, 0.1) is 13.8 Å². The van der Waals surface area contributed by atoms with Gasteiger partial charge in [0.15, 0.2) is 0 Å². The minimum Gasteiger partial charge on any atom is -0.0620 e. The molecule has 0 aliphatic carbocycles. The molecule has 0 heteroatoms. The second kappa shape index (κ2) is 7.01. The molecule has 0 fully saturated rings. The van der Waals surface area contributed by atoms with Crippen LogP contribution in [-0.4, -0.2) is 0 Å². The molecule has 0 aliphatic rings. The van der Waals surface area contributed by atoms with E-state index >= 15 is 0 Å². The fraction of sp³-hybridized carbons (Fsp3) is 0.0769. The fourth-order valence-electron chi connectivity index (χ4n) is 3.39. The highest BCUT2D eigenvalue weighted by molar-refractivity contribution is 5.77. The van der Waals surface area contributed by atoms with Crippen molar-refractivity contribution in [3.63, 3.8) is 0 Å². The zero-order chi connectivity index (χ0) is 17.9. The molecule has 4 aromatic carbocycles. The van der Waals surface area contributed by atoms with Gasteiger partial charge in [0.2, 0.25) is 0 Å². The predicted molar refractivity (Wildman–Crippen MR) is 112 cm³/mol. The van der Waals surface area contributed by atoms with Gasteiger partial charge in [-0.1, -0.05) is 90.5 Å². The van der Waals surface area contributed by atoms with Gasteiger partial charge in [-0.25, -0.2) is 0 Å². The largest absolute Gasteiger partial charge is 0.0620 e. The quantitative estimate of drug-likeness (QED) is 0.368. The summed E-state index contributed by atoms with van der Waals surface area (Å²) in [4.78, 5) is 0. The van der Waals surface area contributed by atoms with Crippen LogP contribution in [0.25, 0.3) is 33.4 Å². The molecule has 0 nitrogen and oxygen atoms in total. The van der Waals surface area contributed by atoms with E-state index in [0.29, 0.717) is 0 Å². The lowest BCUT2D eigenvalue weighted by atomic mass is 9.95. The summed E-state index contributed by atoms with van der Waals surface area (Å²) in [6.45, 7) is 4.29. The second-order valence-electron chi connectivity index (χ2n) is 6.84. The molecule has 0 saturated carbocycles. The Kier molecular flexibility index (Phi) is 4.41. The van der Waals surface area contributed by atoms with E-state index in [9.17, 15) is 0 Å². The van der Waals surface area contributed by atoms with Crippen LogP contribution < -0.4 is 0 Å².